The summed E-state index contributed by atoms with van der Waals surface area (Å²) in [5.41, 5.74) is 0.624. The van der Waals surface area contributed by atoms with Crippen LogP contribution >= 0.6 is 11.6 Å². The van der Waals surface area contributed by atoms with Crippen LogP contribution in [0, 0.1) is 5.92 Å². The molecule has 0 unspecified atom stereocenters. The van der Waals surface area contributed by atoms with Crippen molar-refractivity contribution in [3.05, 3.63) is 63.7 Å². The van der Waals surface area contributed by atoms with Crippen LogP contribution in [0.3, 0.4) is 0 Å². The second kappa shape index (κ2) is 6.56. The van der Waals surface area contributed by atoms with Crippen LogP contribution in [0.1, 0.15) is 18.5 Å². The van der Waals surface area contributed by atoms with Gasteiger partial charge in [-0.3, -0.25) is 4.57 Å². The molecule has 0 saturated heterocycles. The van der Waals surface area contributed by atoms with E-state index in [1.54, 1.807) is 24.3 Å². The topological polar surface area (TPSA) is 44.1 Å². The maximum Gasteiger partial charge on any atom is 0.573 e. The van der Waals surface area contributed by atoms with E-state index in [0.717, 1.165) is 12.8 Å². The fraction of sp³-hybridized carbons (Fsp3) is 0.263. The van der Waals surface area contributed by atoms with E-state index in [9.17, 15) is 18.0 Å². The fourth-order valence-corrected chi connectivity index (χ4v) is 3.30. The van der Waals surface area contributed by atoms with Crippen molar-refractivity contribution >= 4 is 22.5 Å². The van der Waals surface area contributed by atoms with Gasteiger partial charge in [0.05, 0.1) is 21.9 Å². The predicted molar refractivity (Wildman–Crippen MR) is 95.5 cm³/mol. The second-order valence-corrected chi connectivity index (χ2v) is 6.91. The predicted octanol–water partition coefficient (Wildman–Crippen LogP) is 4.89. The Morgan fingerprint density at radius 2 is 1.93 bits per heavy atom. The molecular formula is C19H14ClF3N2O2. The second-order valence-electron chi connectivity index (χ2n) is 6.50. The van der Waals surface area contributed by atoms with E-state index in [-0.39, 0.29) is 5.52 Å². The standard InChI is InChI=1S/C19H14ClF3N2O2/c20-14-3-1-2-4-16(14)25-17-10-12(27-19(21,22)23)7-8-13(17)15(24-18(25)26)9-11-5-6-11/h1-4,7-8,10-11H,5-6,9H2. The molecule has 0 atom stereocenters. The molecule has 4 nitrogen and oxygen atoms in total. The third-order valence-corrected chi connectivity index (χ3v) is 4.77. The minimum absolute atomic E-state index is 0.278. The number of fused-ring (bicyclic) bond motifs is 1. The Balaban J connectivity index is 1.97. The maximum absolute atomic E-state index is 12.7. The Labute approximate surface area is 157 Å². The lowest BCUT2D eigenvalue weighted by atomic mass is 10.1. The number of aromatic nitrogens is 2. The minimum atomic E-state index is -4.83. The first-order valence-corrected chi connectivity index (χ1v) is 8.76. The number of halogens is 4. The number of nitrogens with zero attached hydrogens (tertiary/aromatic N) is 2. The summed E-state index contributed by atoms with van der Waals surface area (Å²) in [6.45, 7) is 0. The average molecular weight is 395 g/mol. The Bertz CT molecular complexity index is 1070. The van der Waals surface area contributed by atoms with Gasteiger partial charge in [0, 0.05) is 11.5 Å². The normalized spacial score (nSPS) is 14.5. The highest BCUT2D eigenvalue weighted by Crippen LogP contribution is 2.35. The molecule has 140 valence electrons. The molecule has 2 aromatic carbocycles. The molecule has 1 aliphatic rings. The van der Waals surface area contributed by atoms with Gasteiger partial charge in [-0.25, -0.2) is 4.79 Å². The van der Waals surface area contributed by atoms with Gasteiger partial charge in [0.15, 0.2) is 0 Å². The molecule has 1 fully saturated rings. The van der Waals surface area contributed by atoms with Crippen LogP contribution in [0.4, 0.5) is 13.2 Å². The van der Waals surface area contributed by atoms with Crippen molar-refractivity contribution in [1.82, 2.24) is 9.55 Å². The average Bonchev–Trinajstić information content (AvgIpc) is 3.39. The molecule has 27 heavy (non-hydrogen) atoms. The lowest BCUT2D eigenvalue weighted by molar-refractivity contribution is -0.274. The van der Waals surface area contributed by atoms with Gasteiger partial charge in [0.1, 0.15) is 5.75 Å². The Morgan fingerprint density at radius 1 is 1.19 bits per heavy atom. The Hall–Kier alpha value is -2.54. The van der Waals surface area contributed by atoms with Gasteiger partial charge < -0.3 is 4.74 Å². The number of benzene rings is 2. The van der Waals surface area contributed by atoms with Crippen LogP contribution in [0.15, 0.2) is 47.3 Å². The molecule has 1 aliphatic carbocycles. The summed E-state index contributed by atoms with van der Waals surface area (Å²) in [5, 5.41) is 0.899. The minimum Gasteiger partial charge on any atom is -0.406 e. The van der Waals surface area contributed by atoms with E-state index in [4.69, 9.17) is 11.6 Å². The third-order valence-electron chi connectivity index (χ3n) is 4.45. The van der Waals surface area contributed by atoms with Crippen molar-refractivity contribution in [3.63, 3.8) is 0 Å². The number of hydrogen-bond acceptors (Lipinski definition) is 3. The fourth-order valence-electron chi connectivity index (χ4n) is 3.08. The zero-order valence-corrected chi connectivity index (χ0v) is 14.7. The number of hydrogen-bond donors (Lipinski definition) is 0. The Morgan fingerprint density at radius 3 is 2.59 bits per heavy atom. The molecule has 8 heteroatoms. The molecule has 0 aliphatic heterocycles. The summed E-state index contributed by atoms with van der Waals surface area (Å²) < 4.78 is 43.2. The molecule has 0 spiro atoms. The van der Waals surface area contributed by atoms with Crippen molar-refractivity contribution < 1.29 is 17.9 Å². The van der Waals surface area contributed by atoms with Crippen LogP contribution < -0.4 is 10.4 Å². The molecule has 4 rings (SSSR count). The van der Waals surface area contributed by atoms with Gasteiger partial charge in [-0.15, -0.1) is 13.2 Å². The van der Waals surface area contributed by atoms with Crippen molar-refractivity contribution in [2.45, 2.75) is 25.6 Å². The lowest BCUT2D eigenvalue weighted by Gasteiger charge is -2.15. The molecule has 0 bridgehead atoms. The smallest absolute Gasteiger partial charge is 0.406 e. The van der Waals surface area contributed by atoms with Gasteiger partial charge in [-0.05, 0) is 49.4 Å². The molecule has 1 heterocycles. The van der Waals surface area contributed by atoms with Gasteiger partial charge in [-0.2, -0.15) is 4.98 Å². The molecule has 0 amide bonds. The van der Waals surface area contributed by atoms with Crippen molar-refractivity contribution in [3.8, 4) is 11.4 Å². The highest BCUT2D eigenvalue weighted by molar-refractivity contribution is 6.32. The maximum atomic E-state index is 12.7. The van der Waals surface area contributed by atoms with Gasteiger partial charge in [-0.1, -0.05) is 23.7 Å². The summed E-state index contributed by atoms with van der Waals surface area (Å²) in [5.74, 6) is 0.0566. The summed E-state index contributed by atoms with van der Waals surface area (Å²) in [6, 6.07) is 10.5. The van der Waals surface area contributed by atoms with E-state index in [0.29, 0.717) is 34.1 Å². The molecule has 0 radical (unpaired) electrons. The Kier molecular flexibility index (Phi) is 4.34. The highest BCUT2D eigenvalue weighted by Gasteiger charge is 2.31. The van der Waals surface area contributed by atoms with Gasteiger partial charge in [0.25, 0.3) is 0 Å². The highest BCUT2D eigenvalue weighted by atomic mass is 35.5. The first-order chi connectivity index (χ1) is 12.8. The van der Waals surface area contributed by atoms with Crippen LogP contribution in [-0.2, 0) is 6.42 Å². The number of alkyl halides is 3. The SMILES string of the molecule is O=c1nc(CC2CC2)c2ccc(OC(F)(F)F)cc2n1-c1ccccc1Cl. The van der Waals surface area contributed by atoms with Crippen molar-refractivity contribution in [2.75, 3.05) is 0 Å². The van der Waals surface area contributed by atoms with Gasteiger partial charge in [0.2, 0.25) is 0 Å². The first-order valence-electron chi connectivity index (χ1n) is 8.38. The summed E-state index contributed by atoms with van der Waals surface area (Å²) >= 11 is 6.21. The number of para-hydroxylation sites is 1. The van der Waals surface area contributed by atoms with E-state index < -0.39 is 17.8 Å². The van der Waals surface area contributed by atoms with Crippen LogP contribution in [0.5, 0.6) is 5.75 Å². The van der Waals surface area contributed by atoms with Crippen LogP contribution in [-0.4, -0.2) is 15.9 Å². The summed E-state index contributed by atoms with van der Waals surface area (Å²) in [7, 11) is 0. The molecule has 1 saturated carbocycles. The largest absolute Gasteiger partial charge is 0.573 e. The quantitative estimate of drug-likeness (QED) is 0.632. The van der Waals surface area contributed by atoms with Crippen molar-refractivity contribution in [1.29, 1.82) is 0 Å². The monoisotopic (exact) mass is 394 g/mol. The van der Waals surface area contributed by atoms with Crippen molar-refractivity contribution in [2.24, 2.45) is 5.92 Å². The molecule has 1 aromatic heterocycles. The van der Waals surface area contributed by atoms with E-state index in [1.165, 1.54) is 22.8 Å². The summed E-state index contributed by atoms with van der Waals surface area (Å²) in [6.07, 6.45) is -2.08. The first kappa shape index (κ1) is 17.9. The van der Waals surface area contributed by atoms with Crippen LogP contribution in [0.2, 0.25) is 5.02 Å². The van der Waals surface area contributed by atoms with E-state index in [1.807, 2.05) is 0 Å². The zero-order valence-electron chi connectivity index (χ0n) is 14.0. The van der Waals surface area contributed by atoms with E-state index >= 15 is 0 Å². The lowest BCUT2D eigenvalue weighted by Crippen LogP contribution is -2.24. The third kappa shape index (κ3) is 3.78. The van der Waals surface area contributed by atoms with Crippen LogP contribution in [0.25, 0.3) is 16.6 Å². The van der Waals surface area contributed by atoms with Gasteiger partial charge >= 0.3 is 12.1 Å². The molecule has 3 aromatic rings. The number of ether oxygens (including phenoxy) is 1. The molecule has 0 N–H and O–H groups in total. The number of rotatable bonds is 4. The van der Waals surface area contributed by atoms with E-state index in [2.05, 4.69) is 9.72 Å². The summed E-state index contributed by atoms with van der Waals surface area (Å²) in [4.78, 5) is 16.9. The molecular weight excluding hydrogens is 381 g/mol. The zero-order chi connectivity index (χ0) is 19.2.